The van der Waals surface area contributed by atoms with Crippen molar-refractivity contribution < 1.29 is 9.59 Å². The van der Waals surface area contributed by atoms with Crippen LogP contribution in [-0.2, 0) is 9.59 Å². The maximum absolute atomic E-state index is 11.7. The van der Waals surface area contributed by atoms with E-state index in [-0.39, 0.29) is 23.9 Å². The summed E-state index contributed by atoms with van der Waals surface area (Å²) in [6.07, 6.45) is 1.56. The number of rotatable bonds is 2. The molecular formula is C13H11N3O2. The molecule has 1 atom stereocenters. The maximum atomic E-state index is 11.7. The van der Waals surface area contributed by atoms with E-state index in [4.69, 9.17) is 5.26 Å². The molecule has 1 aromatic rings. The van der Waals surface area contributed by atoms with Crippen molar-refractivity contribution in [2.24, 2.45) is 0 Å². The number of benzene rings is 1. The molecule has 0 radical (unpaired) electrons. The minimum absolute atomic E-state index is 0.0316. The Bertz CT molecular complexity index is 543. The molecule has 2 amide bonds. The number of nitrogens with one attached hydrogen (secondary N) is 2. The predicted molar refractivity (Wildman–Crippen MR) is 64.7 cm³/mol. The third-order valence-corrected chi connectivity index (χ3v) is 2.53. The minimum Gasteiger partial charge on any atom is -0.338 e. The summed E-state index contributed by atoms with van der Waals surface area (Å²) >= 11 is 0. The Kier molecular flexibility index (Phi) is 3.39. The van der Waals surface area contributed by atoms with Gasteiger partial charge in [-0.05, 0) is 11.6 Å². The first-order chi connectivity index (χ1) is 8.70. The van der Waals surface area contributed by atoms with E-state index in [0.717, 1.165) is 5.56 Å². The van der Waals surface area contributed by atoms with E-state index in [2.05, 4.69) is 10.6 Å². The smallest absolute Gasteiger partial charge is 0.268 e. The Balaban J connectivity index is 2.18. The number of hydrogen-bond acceptors (Lipinski definition) is 3. The SMILES string of the molecule is N#CCC1NC(=O)C(=Cc2ccccc2)NC1=O. The van der Waals surface area contributed by atoms with Gasteiger partial charge in [-0.25, -0.2) is 0 Å². The summed E-state index contributed by atoms with van der Waals surface area (Å²) in [4.78, 5) is 23.3. The molecule has 5 heteroatoms. The second kappa shape index (κ2) is 5.15. The van der Waals surface area contributed by atoms with Crippen LogP contribution in [0.5, 0.6) is 0 Å². The Morgan fingerprint density at radius 1 is 1.28 bits per heavy atom. The molecule has 1 aromatic carbocycles. The van der Waals surface area contributed by atoms with Crippen LogP contribution >= 0.6 is 0 Å². The van der Waals surface area contributed by atoms with Gasteiger partial charge in [0.2, 0.25) is 5.91 Å². The molecule has 90 valence electrons. The fraction of sp³-hybridized carbons (Fsp3) is 0.154. The van der Waals surface area contributed by atoms with E-state index in [1.54, 1.807) is 6.08 Å². The molecule has 1 heterocycles. The van der Waals surface area contributed by atoms with Gasteiger partial charge < -0.3 is 10.6 Å². The molecule has 2 N–H and O–H groups in total. The first-order valence-corrected chi connectivity index (χ1v) is 5.46. The summed E-state index contributed by atoms with van der Waals surface area (Å²) in [5.74, 6) is -0.739. The lowest BCUT2D eigenvalue weighted by Gasteiger charge is -2.23. The largest absolute Gasteiger partial charge is 0.338 e. The van der Waals surface area contributed by atoms with Gasteiger partial charge >= 0.3 is 0 Å². The average molecular weight is 241 g/mol. The van der Waals surface area contributed by atoms with Crippen LogP contribution in [0, 0.1) is 11.3 Å². The van der Waals surface area contributed by atoms with Gasteiger partial charge in [0.25, 0.3) is 5.91 Å². The second-order valence-electron chi connectivity index (χ2n) is 3.85. The van der Waals surface area contributed by atoms with Gasteiger partial charge in [-0.15, -0.1) is 0 Å². The van der Waals surface area contributed by atoms with Crippen LogP contribution in [0.3, 0.4) is 0 Å². The van der Waals surface area contributed by atoms with E-state index in [9.17, 15) is 9.59 Å². The Morgan fingerprint density at radius 2 is 2.00 bits per heavy atom. The molecular weight excluding hydrogens is 230 g/mol. The fourth-order valence-electron chi connectivity index (χ4n) is 1.63. The van der Waals surface area contributed by atoms with Crippen molar-refractivity contribution in [2.75, 3.05) is 0 Å². The minimum atomic E-state index is -0.768. The lowest BCUT2D eigenvalue weighted by Crippen LogP contribution is -2.54. The van der Waals surface area contributed by atoms with Crippen LogP contribution in [0.15, 0.2) is 36.0 Å². The van der Waals surface area contributed by atoms with Crippen molar-refractivity contribution in [3.05, 3.63) is 41.6 Å². The number of nitrogens with zero attached hydrogens (tertiary/aromatic N) is 1. The highest BCUT2D eigenvalue weighted by molar-refractivity contribution is 6.07. The van der Waals surface area contributed by atoms with Crippen LogP contribution in [0.1, 0.15) is 12.0 Å². The third-order valence-electron chi connectivity index (χ3n) is 2.53. The Hall–Kier alpha value is -2.61. The summed E-state index contributed by atoms with van der Waals surface area (Å²) in [6.45, 7) is 0. The van der Waals surface area contributed by atoms with Crippen LogP contribution in [0.25, 0.3) is 6.08 Å². The molecule has 1 aliphatic rings. The van der Waals surface area contributed by atoms with Crippen LogP contribution in [0.4, 0.5) is 0 Å². The highest BCUT2D eigenvalue weighted by Crippen LogP contribution is 2.09. The molecule has 2 rings (SSSR count). The highest BCUT2D eigenvalue weighted by Gasteiger charge is 2.29. The van der Waals surface area contributed by atoms with Gasteiger partial charge in [0.15, 0.2) is 0 Å². The first-order valence-electron chi connectivity index (χ1n) is 5.46. The Morgan fingerprint density at radius 3 is 2.67 bits per heavy atom. The molecule has 1 saturated heterocycles. The van der Waals surface area contributed by atoms with Crippen LogP contribution < -0.4 is 10.6 Å². The van der Waals surface area contributed by atoms with Gasteiger partial charge in [0.1, 0.15) is 11.7 Å². The second-order valence-corrected chi connectivity index (χ2v) is 3.85. The predicted octanol–water partition coefficient (Wildman–Crippen LogP) is 0.556. The lowest BCUT2D eigenvalue weighted by molar-refractivity contribution is -0.130. The van der Waals surface area contributed by atoms with E-state index < -0.39 is 6.04 Å². The standard InChI is InChI=1S/C13H11N3O2/c14-7-6-10-12(17)16-11(13(18)15-10)8-9-4-2-1-3-5-9/h1-5,8,10H,6H2,(H,15,18)(H,16,17). The van der Waals surface area contributed by atoms with Gasteiger partial charge in [0.05, 0.1) is 12.5 Å². The van der Waals surface area contributed by atoms with Gasteiger partial charge in [-0.3, -0.25) is 9.59 Å². The maximum Gasteiger partial charge on any atom is 0.268 e. The van der Waals surface area contributed by atoms with Crippen LogP contribution in [-0.4, -0.2) is 17.9 Å². The molecule has 18 heavy (non-hydrogen) atoms. The quantitative estimate of drug-likeness (QED) is 0.742. The molecule has 0 spiro atoms. The zero-order valence-electron chi connectivity index (χ0n) is 9.51. The van der Waals surface area contributed by atoms with Crippen molar-refractivity contribution in [1.82, 2.24) is 10.6 Å². The number of amides is 2. The summed E-state index contributed by atoms with van der Waals surface area (Å²) in [5.41, 5.74) is 1.02. The van der Waals surface area contributed by atoms with Crippen molar-refractivity contribution >= 4 is 17.9 Å². The van der Waals surface area contributed by atoms with Crippen molar-refractivity contribution in [3.8, 4) is 6.07 Å². The van der Waals surface area contributed by atoms with E-state index >= 15 is 0 Å². The zero-order chi connectivity index (χ0) is 13.0. The number of hydrogen-bond donors (Lipinski definition) is 2. The molecule has 1 fully saturated rings. The number of carbonyl (C=O) groups excluding carboxylic acids is 2. The average Bonchev–Trinajstić information content (AvgIpc) is 2.37. The molecule has 0 bridgehead atoms. The number of carbonyl (C=O) groups is 2. The topological polar surface area (TPSA) is 82.0 Å². The fourth-order valence-corrected chi connectivity index (χ4v) is 1.63. The van der Waals surface area contributed by atoms with Crippen molar-refractivity contribution in [2.45, 2.75) is 12.5 Å². The summed E-state index contributed by atoms with van der Waals surface area (Å²) in [5, 5.41) is 13.5. The van der Waals surface area contributed by atoms with Gasteiger partial charge in [-0.2, -0.15) is 5.26 Å². The van der Waals surface area contributed by atoms with Gasteiger partial charge in [0, 0.05) is 0 Å². The van der Waals surface area contributed by atoms with E-state index in [1.807, 2.05) is 36.4 Å². The summed E-state index contributed by atoms with van der Waals surface area (Å²) < 4.78 is 0. The van der Waals surface area contributed by atoms with Crippen molar-refractivity contribution in [1.29, 1.82) is 5.26 Å². The Labute approximate surface area is 104 Å². The summed E-state index contributed by atoms with van der Waals surface area (Å²) in [6, 6.07) is 10.3. The summed E-state index contributed by atoms with van der Waals surface area (Å²) in [7, 11) is 0. The molecule has 0 saturated carbocycles. The van der Waals surface area contributed by atoms with Crippen LogP contribution in [0.2, 0.25) is 0 Å². The first kappa shape index (κ1) is 11.9. The molecule has 5 nitrogen and oxygen atoms in total. The van der Waals surface area contributed by atoms with Crippen molar-refractivity contribution in [3.63, 3.8) is 0 Å². The molecule has 0 aromatic heterocycles. The zero-order valence-corrected chi connectivity index (χ0v) is 9.51. The lowest BCUT2D eigenvalue weighted by atomic mass is 10.1. The van der Waals surface area contributed by atoms with E-state index in [0.29, 0.717) is 0 Å². The number of nitriles is 1. The van der Waals surface area contributed by atoms with E-state index in [1.165, 1.54) is 0 Å². The third kappa shape index (κ3) is 2.55. The molecule has 1 aliphatic heterocycles. The molecule has 1 unspecified atom stereocenters. The van der Waals surface area contributed by atoms with Gasteiger partial charge in [-0.1, -0.05) is 30.3 Å². The normalized spacial score (nSPS) is 21.1. The highest BCUT2D eigenvalue weighted by atomic mass is 16.2. The molecule has 0 aliphatic carbocycles. The number of piperazine rings is 1. The monoisotopic (exact) mass is 241 g/mol.